The summed E-state index contributed by atoms with van der Waals surface area (Å²) < 4.78 is 0. The molecule has 0 aromatic carbocycles. The van der Waals surface area contributed by atoms with Gasteiger partial charge in [0.15, 0.2) is 0 Å². The van der Waals surface area contributed by atoms with Gasteiger partial charge in [-0.15, -0.1) is 5.53 Å². The van der Waals surface area contributed by atoms with E-state index in [1.165, 1.54) is 11.4 Å². The number of rotatable bonds is 1. The lowest BCUT2D eigenvalue weighted by atomic mass is 10.2. The highest BCUT2D eigenvalue weighted by Gasteiger charge is 2.25. The van der Waals surface area contributed by atoms with E-state index in [0.717, 1.165) is 19.5 Å². The van der Waals surface area contributed by atoms with Crippen molar-refractivity contribution in [2.45, 2.75) is 26.3 Å². The molecule has 0 aliphatic carbocycles. The minimum Gasteiger partial charge on any atom is -0.311 e. The van der Waals surface area contributed by atoms with Crippen molar-refractivity contribution in [2.24, 2.45) is 0 Å². The lowest BCUT2D eigenvalue weighted by Crippen LogP contribution is -2.43. The van der Waals surface area contributed by atoms with Gasteiger partial charge in [0.25, 0.3) is 0 Å². The largest absolute Gasteiger partial charge is 0.311 e. The van der Waals surface area contributed by atoms with E-state index in [0.29, 0.717) is 6.04 Å². The van der Waals surface area contributed by atoms with Gasteiger partial charge < -0.3 is 10.7 Å². The van der Waals surface area contributed by atoms with Crippen LogP contribution < -0.4 is 16.3 Å². The van der Waals surface area contributed by atoms with E-state index in [1.807, 2.05) is 0 Å². The Hall–Kier alpha value is -0.740. The summed E-state index contributed by atoms with van der Waals surface area (Å²) in [5, 5.41) is 5.54. The summed E-state index contributed by atoms with van der Waals surface area (Å²) in [6, 6.07) is 0.505. The van der Waals surface area contributed by atoms with Crippen molar-refractivity contribution in [3.05, 3.63) is 11.4 Å². The van der Waals surface area contributed by atoms with Crippen molar-refractivity contribution in [2.75, 3.05) is 13.1 Å². The monoisotopic (exact) mass is 168 g/mol. The fourth-order valence-corrected chi connectivity index (χ4v) is 1.67. The quantitative estimate of drug-likeness (QED) is 0.512. The van der Waals surface area contributed by atoms with E-state index < -0.39 is 0 Å². The van der Waals surface area contributed by atoms with Crippen LogP contribution in [0.15, 0.2) is 11.4 Å². The molecule has 3 N–H and O–H groups in total. The fourth-order valence-electron chi connectivity index (χ4n) is 1.67. The van der Waals surface area contributed by atoms with Crippen molar-refractivity contribution in [1.82, 2.24) is 21.3 Å². The smallest absolute Gasteiger partial charge is 0.0656 e. The van der Waals surface area contributed by atoms with Gasteiger partial charge in [0, 0.05) is 25.6 Å². The number of nitrogens with one attached hydrogen (secondary N) is 3. The minimum absolute atomic E-state index is 0.505. The Morgan fingerprint density at radius 2 is 2.25 bits per heavy atom. The molecule has 4 nitrogen and oxygen atoms in total. The van der Waals surface area contributed by atoms with Gasteiger partial charge in [0.1, 0.15) is 0 Å². The molecule has 0 saturated carbocycles. The normalized spacial score (nSPS) is 23.1. The topological polar surface area (TPSA) is 39.3 Å². The average molecular weight is 168 g/mol. The van der Waals surface area contributed by atoms with Crippen molar-refractivity contribution in [3.8, 4) is 0 Å². The first-order valence-corrected chi connectivity index (χ1v) is 4.52. The molecule has 0 bridgehead atoms. The standard InChI is InChI=1S/C8H16N4/c1-6(2)12-8-5-9-4-3-7(8)10-11-12/h6,9-11H,3-5H2,1-2H3. The van der Waals surface area contributed by atoms with Crippen LogP contribution in [0, 0.1) is 0 Å². The van der Waals surface area contributed by atoms with Gasteiger partial charge in [-0.25, -0.2) is 0 Å². The lowest BCUT2D eigenvalue weighted by molar-refractivity contribution is 0.198. The van der Waals surface area contributed by atoms with Gasteiger partial charge in [0.05, 0.1) is 11.4 Å². The molecule has 4 heteroatoms. The molecule has 0 aromatic rings. The zero-order valence-electron chi connectivity index (χ0n) is 7.65. The first-order valence-electron chi connectivity index (χ1n) is 4.52. The molecule has 0 saturated heterocycles. The molecule has 0 unspecified atom stereocenters. The third-order valence-corrected chi connectivity index (χ3v) is 2.33. The van der Waals surface area contributed by atoms with E-state index >= 15 is 0 Å². The van der Waals surface area contributed by atoms with Crippen LogP contribution in [0.4, 0.5) is 0 Å². The first-order chi connectivity index (χ1) is 5.79. The van der Waals surface area contributed by atoms with Crippen molar-refractivity contribution < 1.29 is 0 Å². The second-order valence-electron chi connectivity index (χ2n) is 3.55. The number of hydrogen-bond acceptors (Lipinski definition) is 4. The van der Waals surface area contributed by atoms with E-state index in [-0.39, 0.29) is 0 Å². The minimum atomic E-state index is 0.505. The molecule has 2 rings (SSSR count). The Labute approximate surface area is 72.9 Å². The summed E-state index contributed by atoms with van der Waals surface area (Å²) in [4.78, 5) is 0. The lowest BCUT2D eigenvalue weighted by Gasteiger charge is -2.26. The molecular formula is C8H16N4. The predicted molar refractivity (Wildman–Crippen MR) is 47.8 cm³/mol. The van der Waals surface area contributed by atoms with Crippen molar-refractivity contribution >= 4 is 0 Å². The van der Waals surface area contributed by atoms with Gasteiger partial charge in [-0.1, -0.05) is 0 Å². The van der Waals surface area contributed by atoms with Crippen LogP contribution in [0.1, 0.15) is 20.3 Å². The summed E-state index contributed by atoms with van der Waals surface area (Å²) in [5.41, 5.74) is 9.09. The van der Waals surface area contributed by atoms with E-state index in [4.69, 9.17) is 0 Å². The summed E-state index contributed by atoms with van der Waals surface area (Å²) in [7, 11) is 0. The molecule has 0 amide bonds. The zero-order valence-corrected chi connectivity index (χ0v) is 7.65. The van der Waals surface area contributed by atoms with Crippen molar-refractivity contribution in [1.29, 1.82) is 0 Å². The Bertz CT molecular complexity index is 209. The molecule has 0 aromatic heterocycles. The Morgan fingerprint density at radius 1 is 1.42 bits per heavy atom. The second-order valence-corrected chi connectivity index (χ2v) is 3.55. The van der Waals surface area contributed by atoms with Gasteiger partial charge in [-0.05, 0) is 13.8 Å². The third kappa shape index (κ3) is 1.17. The van der Waals surface area contributed by atoms with E-state index in [1.54, 1.807) is 0 Å². The van der Waals surface area contributed by atoms with Crippen LogP contribution in [-0.4, -0.2) is 24.1 Å². The number of nitrogens with zero attached hydrogens (tertiary/aromatic N) is 1. The highest BCUT2D eigenvalue weighted by atomic mass is 15.7. The van der Waals surface area contributed by atoms with Gasteiger partial charge in [-0.3, -0.25) is 5.01 Å². The highest BCUT2D eigenvalue weighted by molar-refractivity contribution is 5.19. The van der Waals surface area contributed by atoms with Gasteiger partial charge in [0.2, 0.25) is 0 Å². The third-order valence-electron chi connectivity index (χ3n) is 2.33. The number of hydrazine groups is 2. The van der Waals surface area contributed by atoms with E-state index in [2.05, 4.69) is 35.1 Å². The molecule has 2 aliphatic rings. The SMILES string of the molecule is CC(C)N1NNC2=C1CNCC2. The summed E-state index contributed by atoms with van der Waals surface area (Å²) >= 11 is 0. The van der Waals surface area contributed by atoms with E-state index in [9.17, 15) is 0 Å². The maximum Gasteiger partial charge on any atom is 0.0656 e. The molecule has 2 aliphatic heterocycles. The highest BCUT2D eigenvalue weighted by Crippen LogP contribution is 2.18. The van der Waals surface area contributed by atoms with Gasteiger partial charge in [-0.2, -0.15) is 0 Å². The molecule has 0 spiro atoms. The maximum absolute atomic E-state index is 3.36. The molecule has 68 valence electrons. The zero-order chi connectivity index (χ0) is 8.55. The van der Waals surface area contributed by atoms with Crippen LogP contribution in [0.5, 0.6) is 0 Å². The fraction of sp³-hybridized carbons (Fsp3) is 0.750. The molecule has 2 heterocycles. The summed E-state index contributed by atoms with van der Waals surface area (Å²) in [6.45, 7) is 6.42. The van der Waals surface area contributed by atoms with Crippen LogP contribution in [0.25, 0.3) is 0 Å². The number of hydrogen-bond donors (Lipinski definition) is 3. The molecule has 0 fully saturated rings. The molecule has 12 heavy (non-hydrogen) atoms. The molecule has 0 radical (unpaired) electrons. The first kappa shape index (κ1) is 7.89. The Balaban J connectivity index is 2.16. The average Bonchev–Trinajstić information content (AvgIpc) is 2.47. The van der Waals surface area contributed by atoms with Crippen molar-refractivity contribution in [3.63, 3.8) is 0 Å². The summed E-state index contributed by atoms with van der Waals surface area (Å²) in [6.07, 6.45) is 1.10. The van der Waals surface area contributed by atoms with Crippen LogP contribution in [0.2, 0.25) is 0 Å². The second kappa shape index (κ2) is 2.95. The Morgan fingerprint density at radius 3 is 3.00 bits per heavy atom. The maximum atomic E-state index is 3.36. The molecule has 0 atom stereocenters. The van der Waals surface area contributed by atoms with Crippen LogP contribution in [0.3, 0.4) is 0 Å². The predicted octanol–water partition coefficient (Wildman–Crippen LogP) is -0.0755. The Kier molecular flexibility index (Phi) is 1.94. The van der Waals surface area contributed by atoms with Crippen LogP contribution in [-0.2, 0) is 0 Å². The molecular weight excluding hydrogens is 152 g/mol. The van der Waals surface area contributed by atoms with Gasteiger partial charge >= 0.3 is 0 Å². The summed E-state index contributed by atoms with van der Waals surface area (Å²) in [5.74, 6) is 0. The van der Waals surface area contributed by atoms with Crippen LogP contribution >= 0.6 is 0 Å².